The molecule has 4 N–H and O–H groups in total. The first-order valence-electron chi connectivity index (χ1n) is 6.47. The fourth-order valence-electron chi connectivity index (χ4n) is 2.00. The van der Waals surface area contributed by atoms with E-state index in [9.17, 15) is 19.7 Å². The first kappa shape index (κ1) is 15.4. The molecule has 1 aromatic carbocycles. The minimum Gasteiger partial charge on any atom is -0.373 e. The number of amides is 1. The molecule has 0 aliphatic rings. The lowest BCUT2D eigenvalue weighted by Gasteiger charge is -2.02. The number of carbonyl (C=O) groups is 2. The second-order valence-corrected chi connectivity index (χ2v) is 4.53. The van der Waals surface area contributed by atoms with Gasteiger partial charge >= 0.3 is 5.97 Å². The van der Waals surface area contributed by atoms with Gasteiger partial charge in [0.1, 0.15) is 11.2 Å². The summed E-state index contributed by atoms with van der Waals surface area (Å²) < 4.78 is 0. The van der Waals surface area contributed by atoms with Crippen LogP contribution in [0.15, 0.2) is 24.3 Å². The molecule has 0 aliphatic carbocycles. The van der Waals surface area contributed by atoms with Gasteiger partial charge in [0.25, 0.3) is 11.6 Å². The normalized spacial score (nSPS) is 10.4. The second-order valence-electron chi connectivity index (χ2n) is 4.53. The number of nitro benzene ring substituents is 1. The lowest BCUT2D eigenvalue weighted by atomic mass is 10.2. The molecule has 0 saturated heterocycles. The average Bonchev–Trinajstić information content (AvgIpc) is 2.94. The van der Waals surface area contributed by atoms with Crippen molar-refractivity contribution in [3.63, 3.8) is 0 Å². The van der Waals surface area contributed by atoms with E-state index in [1.165, 1.54) is 12.1 Å². The summed E-state index contributed by atoms with van der Waals surface area (Å²) in [5.74, 6) is 3.72. The quantitative estimate of drug-likeness (QED) is 0.413. The topological polar surface area (TPSA) is 140 Å². The molecule has 22 heavy (non-hydrogen) atoms. The molecule has 0 fully saturated rings. The summed E-state index contributed by atoms with van der Waals surface area (Å²) in [7, 11) is 0. The number of nitrogens with zero attached hydrogens (tertiary/aromatic N) is 1. The highest BCUT2D eigenvalue weighted by atomic mass is 16.7. The predicted octanol–water partition coefficient (Wildman–Crippen LogP) is 1.00. The van der Waals surface area contributed by atoms with Crippen LogP contribution in [-0.4, -0.2) is 28.3 Å². The smallest absolute Gasteiger partial charge is 0.324 e. The molecular formula is C13H14N4O5. The third kappa shape index (κ3) is 3.38. The molecule has 0 aliphatic heterocycles. The average molecular weight is 306 g/mol. The number of para-hydroxylation sites is 1. The summed E-state index contributed by atoms with van der Waals surface area (Å²) in [6.45, 7) is 0.255. The highest BCUT2D eigenvalue weighted by Gasteiger charge is 2.16. The number of nitrogens with two attached hydrogens (primary N) is 1. The van der Waals surface area contributed by atoms with Gasteiger partial charge in [0, 0.05) is 24.4 Å². The minimum absolute atomic E-state index is 0.0922. The summed E-state index contributed by atoms with van der Waals surface area (Å²) in [6, 6.07) is 6.12. The van der Waals surface area contributed by atoms with Gasteiger partial charge in [-0.05, 0) is 12.5 Å². The molecular weight excluding hydrogens is 292 g/mol. The summed E-state index contributed by atoms with van der Waals surface area (Å²) in [5, 5.41) is 14.1. The van der Waals surface area contributed by atoms with Gasteiger partial charge in [-0.25, -0.2) is 0 Å². The Balaban J connectivity index is 2.04. The van der Waals surface area contributed by atoms with E-state index >= 15 is 0 Å². The molecule has 9 nitrogen and oxygen atoms in total. The number of benzene rings is 1. The highest BCUT2D eigenvalue weighted by Crippen LogP contribution is 2.25. The Hall–Kier alpha value is -2.94. The van der Waals surface area contributed by atoms with Gasteiger partial charge in [0.2, 0.25) is 0 Å². The molecule has 0 atom stereocenters. The van der Waals surface area contributed by atoms with Crippen LogP contribution in [0.2, 0.25) is 0 Å². The number of nitrogens with one attached hydrogen (secondary N) is 2. The fourth-order valence-corrected chi connectivity index (χ4v) is 2.00. The van der Waals surface area contributed by atoms with Gasteiger partial charge in [0.05, 0.1) is 4.92 Å². The SMILES string of the molecule is NOC(=O)CCCNC(=O)c1cc2cccc([N+](=O)[O-])c2[nH]1. The van der Waals surface area contributed by atoms with Gasteiger partial charge in [-0.1, -0.05) is 12.1 Å². The molecule has 1 aromatic heterocycles. The van der Waals surface area contributed by atoms with E-state index in [2.05, 4.69) is 21.0 Å². The second kappa shape index (κ2) is 6.68. The molecule has 9 heteroatoms. The van der Waals surface area contributed by atoms with Crippen molar-refractivity contribution in [3.8, 4) is 0 Å². The number of fused-ring (bicyclic) bond motifs is 1. The zero-order valence-electron chi connectivity index (χ0n) is 11.5. The zero-order chi connectivity index (χ0) is 16.1. The van der Waals surface area contributed by atoms with E-state index in [1.54, 1.807) is 12.1 Å². The first-order chi connectivity index (χ1) is 10.5. The number of H-pyrrole nitrogens is 1. The van der Waals surface area contributed by atoms with Crippen LogP contribution in [0.4, 0.5) is 5.69 Å². The number of non-ortho nitro benzene ring substituents is 1. The van der Waals surface area contributed by atoms with Crippen molar-refractivity contribution in [1.29, 1.82) is 0 Å². The number of nitro groups is 1. The Morgan fingerprint density at radius 1 is 1.41 bits per heavy atom. The number of carbonyl (C=O) groups excluding carboxylic acids is 2. The molecule has 116 valence electrons. The number of aromatic amines is 1. The minimum atomic E-state index is -0.560. The molecule has 1 amide bonds. The summed E-state index contributed by atoms with van der Waals surface area (Å²) in [5.41, 5.74) is 0.414. The lowest BCUT2D eigenvalue weighted by Crippen LogP contribution is -2.25. The largest absolute Gasteiger partial charge is 0.373 e. The van der Waals surface area contributed by atoms with Gasteiger partial charge in [-0.2, -0.15) is 5.90 Å². The van der Waals surface area contributed by atoms with E-state index < -0.39 is 16.8 Å². The van der Waals surface area contributed by atoms with E-state index in [0.29, 0.717) is 17.3 Å². The molecule has 0 radical (unpaired) electrons. The molecule has 0 unspecified atom stereocenters. The molecule has 2 aromatic rings. The number of aromatic nitrogens is 1. The number of hydrogen-bond donors (Lipinski definition) is 3. The van der Waals surface area contributed by atoms with Crippen LogP contribution in [0.3, 0.4) is 0 Å². The molecule has 0 bridgehead atoms. The summed E-state index contributed by atoms with van der Waals surface area (Å²) in [6.07, 6.45) is 0.469. The van der Waals surface area contributed by atoms with Crippen molar-refractivity contribution in [2.24, 2.45) is 5.90 Å². The predicted molar refractivity (Wildman–Crippen MR) is 76.8 cm³/mol. The Morgan fingerprint density at radius 3 is 2.86 bits per heavy atom. The summed E-state index contributed by atoms with van der Waals surface area (Å²) in [4.78, 5) is 39.9. The van der Waals surface area contributed by atoms with Crippen LogP contribution in [0.25, 0.3) is 10.9 Å². The third-order valence-electron chi connectivity index (χ3n) is 3.05. The number of rotatable bonds is 6. The fraction of sp³-hybridized carbons (Fsp3) is 0.231. The van der Waals surface area contributed by atoms with E-state index in [4.69, 9.17) is 0 Å². The third-order valence-corrected chi connectivity index (χ3v) is 3.05. The van der Waals surface area contributed by atoms with E-state index in [1.807, 2.05) is 0 Å². The maximum atomic E-state index is 12.0. The van der Waals surface area contributed by atoms with E-state index in [0.717, 1.165) is 0 Å². The molecule has 2 rings (SSSR count). The maximum Gasteiger partial charge on any atom is 0.324 e. The van der Waals surface area contributed by atoms with Gasteiger partial charge in [-0.15, -0.1) is 0 Å². The Labute approximate surface area is 124 Å². The van der Waals surface area contributed by atoms with Crippen LogP contribution in [0, 0.1) is 10.1 Å². The van der Waals surface area contributed by atoms with Crippen LogP contribution in [-0.2, 0) is 9.63 Å². The van der Waals surface area contributed by atoms with Crippen molar-refractivity contribution >= 4 is 28.5 Å². The molecule has 1 heterocycles. The van der Waals surface area contributed by atoms with Crippen molar-refractivity contribution in [2.75, 3.05) is 6.54 Å². The van der Waals surface area contributed by atoms with Gasteiger partial charge < -0.3 is 15.1 Å². The van der Waals surface area contributed by atoms with Gasteiger partial charge in [-0.3, -0.25) is 19.7 Å². The van der Waals surface area contributed by atoms with Crippen LogP contribution in [0.5, 0.6) is 0 Å². The van der Waals surface area contributed by atoms with Crippen molar-refractivity contribution in [1.82, 2.24) is 10.3 Å². The van der Waals surface area contributed by atoms with Gasteiger partial charge in [0.15, 0.2) is 0 Å². The Kier molecular flexibility index (Phi) is 4.69. The molecule has 0 spiro atoms. The Bertz CT molecular complexity index is 724. The van der Waals surface area contributed by atoms with Crippen LogP contribution in [0.1, 0.15) is 23.3 Å². The lowest BCUT2D eigenvalue weighted by molar-refractivity contribution is -0.383. The zero-order valence-corrected chi connectivity index (χ0v) is 11.5. The number of hydrogen-bond acceptors (Lipinski definition) is 6. The van der Waals surface area contributed by atoms with Crippen LogP contribution < -0.4 is 11.2 Å². The summed E-state index contributed by atoms with van der Waals surface area (Å²) >= 11 is 0. The van der Waals surface area contributed by atoms with E-state index in [-0.39, 0.29) is 24.3 Å². The highest BCUT2D eigenvalue weighted by molar-refractivity contribution is 6.00. The maximum absolute atomic E-state index is 12.0. The van der Waals surface area contributed by atoms with Crippen LogP contribution >= 0.6 is 0 Å². The van der Waals surface area contributed by atoms with Crippen molar-refractivity contribution in [3.05, 3.63) is 40.1 Å². The first-order valence-corrected chi connectivity index (χ1v) is 6.47. The van der Waals surface area contributed by atoms with Crippen molar-refractivity contribution in [2.45, 2.75) is 12.8 Å². The molecule has 0 saturated carbocycles. The van der Waals surface area contributed by atoms with Crippen molar-refractivity contribution < 1.29 is 19.3 Å². The monoisotopic (exact) mass is 306 g/mol. The Morgan fingerprint density at radius 2 is 2.18 bits per heavy atom. The standard InChI is InChI=1S/C13H14N4O5/c14-22-11(18)5-2-6-15-13(19)9-7-8-3-1-4-10(17(20)21)12(8)16-9/h1,3-4,7,16H,2,5-6,14H2,(H,15,19).